The number of para-hydroxylation sites is 1. The second kappa shape index (κ2) is 11.5. The molecule has 3 aromatic rings. The number of imide groups is 1. The molecule has 1 aliphatic rings. The first-order valence-corrected chi connectivity index (χ1v) is 13.6. The van der Waals surface area contributed by atoms with Crippen molar-refractivity contribution in [1.82, 2.24) is 4.90 Å². The molecule has 1 heterocycles. The molecule has 2 amide bonds. The van der Waals surface area contributed by atoms with Crippen LogP contribution in [-0.4, -0.2) is 29.3 Å². The van der Waals surface area contributed by atoms with Crippen LogP contribution in [0.4, 0.5) is 4.79 Å². The van der Waals surface area contributed by atoms with Crippen molar-refractivity contribution in [2.24, 2.45) is 0 Å². The van der Waals surface area contributed by atoms with Crippen molar-refractivity contribution in [3.05, 3.63) is 98.0 Å². The molecule has 7 heteroatoms. The fourth-order valence-corrected chi connectivity index (χ4v) is 4.83. The molecule has 5 nitrogen and oxygen atoms in total. The SMILES string of the molecule is CC(C)(C)c1ccc(OCCOc2ccccc2/C=C2\SC(=O)N(Cc3ccc(I)cc3)C2=O)cc1. The predicted molar refractivity (Wildman–Crippen MR) is 153 cm³/mol. The van der Waals surface area contributed by atoms with Gasteiger partial charge in [0.2, 0.25) is 0 Å². The van der Waals surface area contributed by atoms with Crippen molar-refractivity contribution < 1.29 is 19.1 Å². The summed E-state index contributed by atoms with van der Waals surface area (Å²) in [7, 11) is 0. The van der Waals surface area contributed by atoms with Crippen LogP contribution in [0.15, 0.2) is 77.7 Å². The summed E-state index contributed by atoms with van der Waals surface area (Å²) in [5.41, 5.74) is 3.01. The maximum atomic E-state index is 13.0. The third kappa shape index (κ3) is 6.70. The smallest absolute Gasteiger partial charge is 0.293 e. The minimum Gasteiger partial charge on any atom is -0.490 e. The molecular weight excluding hydrogens is 585 g/mol. The van der Waals surface area contributed by atoms with Crippen LogP contribution in [0.2, 0.25) is 0 Å². The number of rotatable bonds is 8. The van der Waals surface area contributed by atoms with Gasteiger partial charge in [0, 0.05) is 9.13 Å². The summed E-state index contributed by atoms with van der Waals surface area (Å²) in [4.78, 5) is 27.2. The Morgan fingerprint density at radius 3 is 2.25 bits per heavy atom. The number of carbonyl (C=O) groups is 2. The zero-order valence-corrected chi connectivity index (χ0v) is 23.5. The average molecular weight is 614 g/mol. The highest BCUT2D eigenvalue weighted by molar-refractivity contribution is 14.1. The molecule has 0 saturated carbocycles. The van der Waals surface area contributed by atoms with Crippen molar-refractivity contribution in [3.8, 4) is 11.5 Å². The van der Waals surface area contributed by atoms with Crippen LogP contribution in [-0.2, 0) is 16.8 Å². The van der Waals surface area contributed by atoms with E-state index in [0.717, 1.165) is 32.2 Å². The number of hydrogen-bond acceptors (Lipinski definition) is 5. The molecule has 0 bridgehead atoms. The summed E-state index contributed by atoms with van der Waals surface area (Å²) in [6.07, 6.45) is 1.72. The van der Waals surface area contributed by atoms with Crippen LogP contribution in [0.1, 0.15) is 37.5 Å². The van der Waals surface area contributed by atoms with Gasteiger partial charge >= 0.3 is 0 Å². The van der Waals surface area contributed by atoms with E-state index in [-0.39, 0.29) is 23.1 Å². The number of amides is 2. The minimum absolute atomic E-state index is 0.0981. The van der Waals surface area contributed by atoms with Gasteiger partial charge in [0.1, 0.15) is 24.7 Å². The molecule has 3 aromatic carbocycles. The molecular formula is C29H28INO4S. The topological polar surface area (TPSA) is 55.8 Å². The van der Waals surface area contributed by atoms with Gasteiger partial charge in [0.25, 0.3) is 11.1 Å². The van der Waals surface area contributed by atoms with Crippen LogP contribution in [0, 0.1) is 3.57 Å². The third-order valence-corrected chi connectivity index (χ3v) is 7.29. The largest absolute Gasteiger partial charge is 0.490 e. The Kier molecular flexibility index (Phi) is 8.41. The summed E-state index contributed by atoms with van der Waals surface area (Å²) < 4.78 is 12.9. The van der Waals surface area contributed by atoms with Crippen LogP contribution in [0.5, 0.6) is 11.5 Å². The molecule has 0 atom stereocenters. The number of hydrogen-bond donors (Lipinski definition) is 0. The van der Waals surface area contributed by atoms with Gasteiger partial charge in [0.05, 0.1) is 11.4 Å². The van der Waals surface area contributed by atoms with Gasteiger partial charge in [-0.15, -0.1) is 0 Å². The monoisotopic (exact) mass is 613 g/mol. The lowest BCUT2D eigenvalue weighted by Crippen LogP contribution is -2.27. The summed E-state index contributed by atoms with van der Waals surface area (Å²) in [5, 5.41) is -0.269. The maximum Gasteiger partial charge on any atom is 0.293 e. The summed E-state index contributed by atoms with van der Waals surface area (Å²) in [6.45, 7) is 7.52. The van der Waals surface area contributed by atoms with Crippen molar-refractivity contribution in [3.63, 3.8) is 0 Å². The lowest BCUT2D eigenvalue weighted by Gasteiger charge is -2.19. The van der Waals surface area contributed by atoms with Crippen molar-refractivity contribution >= 4 is 51.6 Å². The van der Waals surface area contributed by atoms with Gasteiger partial charge in [-0.3, -0.25) is 14.5 Å². The fraction of sp³-hybridized carbons (Fsp3) is 0.241. The van der Waals surface area contributed by atoms with E-state index < -0.39 is 0 Å². The number of nitrogens with zero attached hydrogens (tertiary/aromatic N) is 1. The number of benzene rings is 3. The Labute approximate surface area is 230 Å². The number of halogens is 1. The fourth-order valence-electron chi connectivity index (χ4n) is 3.64. The van der Waals surface area contributed by atoms with E-state index in [1.807, 2.05) is 60.7 Å². The standard InChI is InChI=1S/C29H28INO4S/c1-29(2,3)22-10-14-24(15-11-22)34-16-17-35-25-7-5-4-6-21(25)18-26-27(32)31(28(33)36-26)19-20-8-12-23(30)13-9-20/h4-15,18H,16-17,19H2,1-3H3/b26-18-. The second-order valence-corrected chi connectivity index (χ2v) is 11.6. The molecule has 0 spiro atoms. The first kappa shape index (κ1) is 26.3. The van der Waals surface area contributed by atoms with Gasteiger partial charge in [0.15, 0.2) is 0 Å². The zero-order chi connectivity index (χ0) is 25.7. The lowest BCUT2D eigenvalue weighted by atomic mass is 9.87. The highest BCUT2D eigenvalue weighted by Crippen LogP contribution is 2.35. The highest BCUT2D eigenvalue weighted by atomic mass is 127. The van der Waals surface area contributed by atoms with Gasteiger partial charge in [-0.25, -0.2) is 0 Å². The van der Waals surface area contributed by atoms with Crippen LogP contribution in [0.3, 0.4) is 0 Å². The molecule has 0 unspecified atom stereocenters. The van der Waals surface area contributed by atoms with Crippen molar-refractivity contribution in [2.45, 2.75) is 32.7 Å². The average Bonchev–Trinajstić information content (AvgIpc) is 3.11. The van der Waals surface area contributed by atoms with E-state index in [1.54, 1.807) is 6.08 Å². The van der Waals surface area contributed by atoms with Gasteiger partial charge in [-0.1, -0.05) is 63.2 Å². The Hall–Kier alpha value is -2.78. The van der Waals surface area contributed by atoms with E-state index in [2.05, 4.69) is 55.5 Å². The van der Waals surface area contributed by atoms with E-state index in [4.69, 9.17) is 9.47 Å². The summed E-state index contributed by atoms with van der Waals surface area (Å²) in [6, 6.07) is 23.4. The Morgan fingerprint density at radius 2 is 1.56 bits per heavy atom. The normalized spacial score (nSPS) is 15.0. The summed E-state index contributed by atoms with van der Waals surface area (Å²) >= 11 is 3.18. The zero-order valence-electron chi connectivity index (χ0n) is 20.5. The van der Waals surface area contributed by atoms with E-state index in [9.17, 15) is 9.59 Å². The van der Waals surface area contributed by atoms with Gasteiger partial charge in [-0.05, 0) is 87.3 Å². The summed E-state index contributed by atoms with van der Waals surface area (Å²) in [5.74, 6) is 1.13. The molecule has 0 radical (unpaired) electrons. The molecule has 0 N–H and O–H groups in total. The molecule has 0 aliphatic carbocycles. The number of ether oxygens (including phenoxy) is 2. The van der Waals surface area contributed by atoms with Crippen molar-refractivity contribution in [2.75, 3.05) is 13.2 Å². The molecule has 186 valence electrons. The first-order valence-electron chi connectivity index (χ1n) is 11.7. The number of thioether (sulfide) groups is 1. The molecule has 4 rings (SSSR count). The number of carbonyl (C=O) groups excluding carboxylic acids is 2. The van der Waals surface area contributed by atoms with Crippen LogP contribution in [0.25, 0.3) is 6.08 Å². The predicted octanol–water partition coefficient (Wildman–Crippen LogP) is 7.28. The Morgan fingerprint density at radius 1 is 0.889 bits per heavy atom. The third-order valence-electron chi connectivity index (χ3n) is 5.66. The molecule has 1 aliphatic heterocycles. The van der Waals surface area contributed by atoms with E-state index in [1.165, 1.54) is 10.5 Å². The van der Waals surface area contributed by atoms with E-state index >= 15 is 0 Å². The molecule has 0 aromatic heterocycles. The maximum absolute atomic E-state index is 13.0. The van der Waals surface area contributed by atoms with Crippen LogP contribution < -0.4 is 9.47 Å². The molecule has 1 fully saturated rings. The van der Waals surface area contributed by atoms with E-state index in [0.29, 0.717) is 23.9 Å². The molecule has 1 saturated heterocycles. The van der Waals surface area contributed by atoms with Gasteiger partial charge in [-0.2, -0.15) is 0 Å². The Bertz CT molecular complexity index is 1260. The first-order chi connectivity index (χ1) is 17.2. The lowest BCUT2D eigenvalue weighted by molar-refractivity contribution is -0.123. The second-order valence-electron chi connectivity index (χ2n) is 9.40. The minimum atomic E-state index is -0.291. The Balaban J connectivity index is 1.37. The van der Waals surface area contributed by atoms with Crippen LogP contribution >= 0.6 is 34.4 Å². The highest BCUT2D eigenvalue weighted by Gasteiger charge is 2.35. The molecule has 36 heavy (non-hydrogen) atoms. The van der Waals surface area contributed by atoms with Crippen molar-refractivity contribution in [1.29, 1.82) is 0 Å². The van der Waals surface area contributed by atoms with Gasteiger partial charge < -0.3 is 9.47 Å². The quantitative estimate of drug-likeness (QED) is 0.152.